The quantitative estimate of drug-likeness (QED) is 0.176. The van der Waals surface area contributed by atoms with Gasteiger partial charge in [0.05, 0.1) is 55.1 Å². The first kappa shape index (κ1) is 66.3. The highest BCUT2D eigenvalue weighted by molar-refractivity contribution is 5.00. The van der Waals surface area contributed by atoms with Crippen LogP contribution in [0.2, 0.25) is 0 Å². The lowest BCUT2D eigenvalue weighted by Crippen LogP contribution is -2.32. The number of morpholine rings is 1. The Morgan fingerprint density at radius 1 is 0.338 bits per heavy atom. The number of ether oxygens (including phenoxy) is 1. The topological polar surface area (TPSA) is 299 Å². The van der Waals surface area contributed by atoms with E-state index in [2.05, 4.69) is 134 Å². The molecule has 2 aliphatic heterocycles. The van der Waals surface area contributed by atoms with Crippen molar-refractivity contribution in [1.29, 1.82) is 0 Å². The third-order valence-electron chi connectivity index (χ3n) is 8.79. The zero-order valence-electron chi connectivity index (χ0n) is 46.3. The molecule has 0 bridgehead atoms. The van der Waals surface area contributed by atoms with Crippen molar-refractivity contribution in [2.24, 2.45) is 0 Å². The van der Waals surface area contributed by atoms with E-state index >= 15 is 0 Å². The number of hydrogen-bond donors (Lipinski definition) is 0. The Balaban J connectivity index is 0.000000423. The first-order valence-corrected chi connectivity index (χ1v) is 24.3. The van der Waals surface area contributed by atoms with Gasteiger partial charge in [-0.25, -0.2) is 59.8 Å². The largest absolute Gasteiger partial charge is 0.379 e. The van der Waals surface area contributed by atoms with Gasteiger partial charge in [0.1, 0.15) is 55.4 Å². The van der Waals surface area contributed by atoms with Crippen molar-refractivity contribution in [2.45, 2.75) is 81.6 Å². The zero-order valence-corrected chi connectivity index (χ0v) is 46.3. The second-order valence-corrected chi connectivity index (χ2v) is 16.0. The van der Waals surface area contributed by atoms with Crippen LogP contribution in [-0.4, -0.2) is 174 Å². The van der Waals surface area contributed by atoms with Gasteiger partial charge in [0.25, 0.3) is 0 Å². The number of hydrogen-bond acceptors (Lipinski definition) is 25. The number of aryl methyl sites for hydroxylation is 9. The van der Waals surface area contributed by atoms with E-state index in [0.717, 1.165) is 71.9 Å². The van der Waals surface area contributed by atoms with Gasteiger partial charge < -0.3 is 14.5 Å². The normalized spacial score (nSPS) is 11.7. The lowest BCUT2D eigenvalue weighted by atomic mass is 10.1. The Bertz CT molecular complexity index is 2040. The second-order valence-electron chi connectivity index (χ2n) is 16.0. The van der Waals surface area contributed by atoms with Crippen molar-refractivity contribution in [3.63, 3.8) is 0 Å². The number of rotatable bonds is 0. The molecule has 0 N–H and O–H groups in total. The van der Waals surface area contributed by atoms with E-state index in [0.29, 0.717) is 5.82 Å². The monoisotopic (exact) mass is 1050 g/mol. The van der Waals surface area contributed by atoms with E-state index < -0.39 is 0 Å². The molecule has 0 atom stereocenters. The van der Waals surface area contributed by atoms with Crippen molar-refractivity contribution < 1.29 is 4.74 Å². The Morgan fingerprint density at radius 3 is 1.22 bits per heavy atom. The standard InChI is InChI=1S/C6H13N.5C5H6N2.C5H11NO.4C4H5N3/c1-7-5-3-2-4-6-7;1-5-2-6-4-7-3-5;1-5-4-6-2-3-7-5;1-5-2-3-6-4-7-5;1-5-2-3-6-7-4-5;1-5-6-3-2-4-7-5;1-6-2-4-7-5-3-6;1-4-6-2-5-3-7-4;1-4-2-6-7-3-5-4;1-4-2-5-3-6-7-4;1-4-5-2-3-6-7-4/h2-6H2,1H3;5*2-4H,1H3;2-5H2,1H3;4*2-3H,1H3. The minimum atomic E-state index is 0.711. The zero-order chi connectivity index (χ0) is 56.2. The molecule has 2 aliphatic rings. The molecule has 0 radical (unpaired) electrons. The van der Waals surface area contributed by atoms with Gasteiger partial charge >= 0.3 is 0 Å². The molecule has 9 aromatic rings. The minimum absolute atomic E-state index is 0.711. The summed E-state index contributed by atoms with van der Waals surface area (Å²) in [6.45, 7) is 23.6. The lowest BCUT2D eigenvalue weighted by Gasteiger charge is -2.21. The maximum absolute atomic E-state index is 5.10. The highest BCUT2D eigenvalue weighted by atomic mass is 16.5. The van der Waals surface area contributed by atoms with E-state index in [1.165, 1.54) is 70.3 Å². The molecule has 11 rings (SSSR count). The molecule has 0 aliphatic carbocycles. The third-order valence-corrected chi connectivity index (χ3v) is 8.79. The Morgan fingerprint density at radius 2 is 0.935 bits per heavy atom. The van der Waals surface area contributed by atoms with Gasteiger partial charge in [-0.1, -0.05) is 6.42 Å². The summed E-state index contributed by atoms with van der Waals surface area (Å²) in [5, 5.41) is 28.7. The van der Waals surface area contributed by atoms with Crippen LogP contribution in [0.15, 0.2) is 143 Å². The summed E-state index contributed by atoms with van der Waals surface area (Å²) < 4.78 is 5.10. The number of nitrogens with zero attached hydrogens (tertiary/aromatic N) is 24. The van der Waals surface area contributed by atoms with Crippen molar-refractivity contribution in [2.75, 3.05) is 53.5 Å². The molecular weight excluding hydrogens is 977 g/mol. The smallest absolute Gasteiger partial charge is 0.147 e. The molecule has 0 unspecified atom stereocenters. The Kier molecular flexibility index (Phi) is 40.5. The van der Waals surface area contributed by atoms with Crippen LogP contribution in [0.5, 0.6) is 0 Å². The fourth-order valence-corrected chi connectivity index (χ4v) is 4.76. The second kappa shape index (κ2) is 47.1. The molecule has 9 aromatic heterocycles. The van der Waals surface area contributed by atoms with Crippen LogP contribution in [0, 0.1) is 62.3 Å². The van der Waals surface area contributed by atoms with Gasteiger partial charge in [0, 0.05) is 80.8 Å². The first-order valence-electron chi connectivity index (χ1n) is 24.3. The van der Waals surface area contributed by atoms with Crippen LogP contribution >= 0.6 is 0 Å². The minimum Gasteiger partial charge on any atom is -0.379 e. The van der Waals surface area contributed by atoms with Gasteiger partial charge in [-0.05, 0) is 132 Å². The van der Waals surface area contributed by atoms with Crippen molar-refractivity contribution in [3.05, 3.63) is 194 Å². The van der Waals surface area contributed by atoms with Gasteiger partial charge in [-0.15, -0.1) is 15.3 Å². The van der Waals surface area contributed by atoms with E-state index in [1.54, 1.807) is 99.7 Å². The molecular formula is C52H74N24O. The third kappa shape index (κ3) is 45.7. The summed E-state index contributed by atoms with van der Waals surface area (Å²) >= 11 is 0. The van der Waals surface area contributed by atoms with E-state index in [4.69, 9.17) is 4.74 Å². The van der Waals surface area contributed by atoms with Gasteiger partial charge in [-0.3, -0.25) is 9.97 Å². The summed E-state index contributed by atoms with van der Waals surface area (Å²) in [5.74, 6) is 2.29. The van der Waals surface area contributed by atoms with Crippen molar-refractivity contribution in [3.8, 4) is 0 Å². The average molecular weight is 1050 g/mol. The van der Waals surface area contributed by atoms with Crippen molar-refractivity contribution in [1.82, 2.24) is 120 Å². The maximum atomic E-state index is 5.10. The summed E-state index contributed by atoms with van der Waals surface area (Å²) in [6, 6.07) is 5.57. The molecule has 0 amide bonds. The van der Waals surface area contributed by atoms with E-state index in [1.807, 2.05) is 67.5 Å². The van der Waals surface area contributed by atoms with E-state index in [9.17, 15) is 0 Å². The summed E-state index contributed by atoms with van der Waals surface area (Å²) in [5.41, 5.74) is 5.97. The molecule has 0 saturated carbocycles. The van der Waals surface area contributed by atoms with Gasteiger partial charge in [-0.2, -0.15) is 25.5 Å². The summed E-state index contributed by atoms with van der Waals surface area (Å²) in [4.78, 5) is 57.7. The Hall–Kier alpha value is -8.68. The molecule has 77 heavy (non-hydrogen) atoms. The number of likely N-dealkylation sites (N-methyl/N-ethyl adjacent to an activating group) is 1. The number of piperidine rings is 1. The molecule has 2 fully saturated rings. The predicted octanol–water partition coefficient (Wildman–Crippen LogP) is 5.70. The Labute approximate surface area is 453 Å². The summed E-state index contributed by atoms with van der Waals surface area (Å²) in [7, 11) is 4.31. The fourth-order valence-electron chi connectivity index (χ4n) is 4.76. The fraction of sp³-hybridized carbons (Fsp3) is 0.385. The molecule has 25 nitrogen and oxygen atoms in total. The lowest BCUT2D eigenvalue weighted by molar-refractivity contribution is 0.0503. The summed E-state index contributed by atoms with van der Waals surface area (Å²) in [6.07, 6.45) is 36.7. The SMILES string of the molecule is CN1CCCCC1.CN1CCOCC1.Cc1ccncn1.Cc1ccnnc1.Cc1cnccn1.Cc1cncnc1.Cc1cncnn1.Cc1cnncn1.Cc1ncccn1.Cc1nccnn1.Cc1ncncn1. The number of aromatic nitrogens is 22. The molecule has 408 valence electrons. The highest BCUT2D eigenvalue weighted by Gasteiger charge is 2.03. The van der Waals surface area contributed by atoms with E-state index in [-0.39, 0.29) is 0 Å². The number of likely N-dealkylation sites (tertiary alicyclic amines) is 1. The molecule has 25 heteroatoms. The predicted molar refractivity (Wildman–Crippen MR) is 292 cm³/mol. The van der Waals surface area contributed by atoms with Crippen LogP contribution in [-0.2, 0) is 4.74 Å². The maximum Gasteiger partial charge on any atom is 0.147 e. The van der Waals surface area contributed by atoms with Gasteiger partial charge in [0.2, 0.25) is 0 Å². The van der Waals surface area contributed by atoms with Crippen LogP contribution in [0.4, 0.5) is 0 Å². The van der Waals surface area contributed by atoms with Crippen LogP contribution < -0.4 is 0 Å². The van der Waals surface area contributed by atoms with Gasteiger partial charge in [0.15, 0.2) is 0 Å². The first-order chi connectivity index (χ1) is 37.3. The molecule has 11 heterocycles. The van der Waals surface area contributed by atoms with Crippen LogP contribution in [0.3, 0.4) is 0 Å². The van der Waals surface area contributed by atoms with Crippen molar-refractivity contribution >= 4 is 0 Å². The average Bonchev–Trinajstić information content (AvgIpc) is 3.45. The van der Waals surface area contributed by atoms with Crippen LogP contribution in [0.1, 0.15) is 70.6 Å². The van der Waals surface area contributed by atoms with Crippen LogP contribution in [0.25, 0.3) is 0 Å². The highest BCUT2D eigenvalue weighted by Crippen LogP contribution is 2.04. The molecule has 2 saturated heterocycles. The molecule has 0 aromatic carbocycles. The molecule has 0 spiro atoms.